The number of methoxy groups -OCH3 is 1. The summed E-state index contributed by atoms with van der Waals surface area (Å²) in [5, 5.41) is 6.75. The molecule has 2 rings (SSSR count). The minimum Gasteiger partial charge on any atom is -0.496 e. The molecule has 0 radical (unpaired) electrons. The Hall–Kier alpha value is -2.53. The largest absolute Gasteiger partial charge is 0.496 e. The smallest absolute Gasteiger partial charge is 0.191 e. The van der Waals surface area contributed by atoms with E-state index < -0.39 is 0 Å². The molecule has 0 saturated carbocycles. The van der Waals surface area contributed by atoms with Gasteiger partial charge in [-0.05, 0) is 32.0 Å². The van der Waals surface area contributed by atoms with Gasteiger partial charge in [-0.2, -0.15) is 0 Å². The van der Waals surface area contributed by atoms with E-state index in [1.165, 1.54) is 5.56 Å². The second-order valence-electron chi connectivity index (χ2n) is 6.70. The van der Waals surface area contributed by atoms with E-state index in [0.29, 0.717) is 12.6 Å². The van der Waals surface area contributed by atoms with E-state index in [0.717, 1.165) is 36.8 Å². The van der Waals surface area contributed by atoms with Crippen LogP contribution >= 0.6 is 0 Å². The maximum absolute atomic E-state index is 5.39. The monoisotopic (exact) mass is 368 g/mol. The lowest BCUT2D eigenvalue weighted by Gasteiger charge is -2.25. The predicted molar refractivity (Wildman–Crippen MR) is 113 cm³/mol. The highest BCUT2D eigenvalue weighted by Crippen LogP contribution is 2.16. The highest BCUT2D eigenvalue weighted by molar-refractivity contribution is 5.79. The van der Waals surface area contributed by atoms with Gasteiger partial charge in [-0.3, -0.25) is 9.89 Å². The Morgan fingerprint density at radius 2 is 1.78 bits per heavy atom. The molecular formula is C22H32N4O. The molecule has 0 amide bonds. The fraction of sp³-hybridized carbons (Fsp3) is 0.409. The summed E-state index contributed by atoms with van der Waals surface area (Å²) < 4.78 is 5.39. The third kappa shape index (κ3) is 6.94. The summed E-state index contributed by atoms with van der Waals surface area (Å²) in [6.07, 6.45) is 1.04. The fourth-order valence-corrected chi connectivity index (χ4v) is 2.90. The molecule has 0 fully saturated rings. The van der Waals surface area contributed by atoms with Crippen molar-refractivity contribution in [3.8, 4) is 5.75 Å². The van der Waals surface area contributed by atoms with Gasteiger partial charge >= 0.3 is 0 Å². The number of para-hydroxylation sites is 1. The maximum Gasteiger partial charge on any atom is 0.191 e. The molecule has 2 aromatic rings. The van der Waals surface area contributed by atoms with Crippen LogP contribution in [0.2, 0.25) is 0 Å². The van der Waals surface area contributed by atoms with Gasteiger partial charge in [0.05, 0.1) is 7.11 Å². The van der Waals surface area contributed by atoms with Crippen molar-refractivity contribution < 1.29 is 4.74 Å². The van der Waals surface area contributed by atoms with Crippen molar-refractivity contribution in [3.05, 3.63) is 65.7 Å². The van der Waals surface area contributed by atoms with Gasteiger partial charge in [0.1, 0.15) is 5.75 Å². The lowest BCUT2D eigenvalue weighted by molar-refractivity contribution is 0.238. The summed E-state index contributed by atoms with van der Waals surface area (Å²) in [7, 11) is 5.66. The number of rotatable bonds is 9. The van der Waals surface area contributed by atoms with Gasteiger partial charge in [-0.1, -0.05) is 48.5 Å². The van der Waals surface area contributed by atoms with Crippen LogP contribution in [0.1, 0.15) is 24.5 Å². The Morgan fingerprint density at radius 3 is 2.48 bits per heavy atom. The minimum atomic E-state index is 0.477. The molecule has 27 heavy (non-hydrogen) atoms. The Bertz CT molecular complexity index is 702. The van der Waals surface area contributed by atoms with E-state index in [-0.39, 0.29) is 0 Å². The predicted octanol–water partition coefficient (Wildman–Crippen LogP) is 3.27. The number of hydrogen-bond acceptors (Lipinski definition) is 3. The molecule has 0 aliphatic carbocycles. The van der Waals surface area contributed by atoms with Gasteiger partial charge in [0.25, 0.3) is 0 Å². The Balaban J connectivity index is 1.74. The number of benzene rings is 2. The molecule has 5 heteroatoms. The third-order valence-corrected chi connectivity index (χ3v) is 4.74. The summed E-state index contributed by atoms with van der Waals surface area (Å²) in [5.41, 5.74) is 2.45. The Kier molecular flexibility index (Phi) is 8.65. The maximum atomic E-state index is 5.39. The summed E-state index contributed by atoms with van der Waals surface area (Å²) in [6, 6.07) is 19.1. The molecule has 1 unspecified atom stereocenters. The van der Waals surface area contributed by atoms with Crippen LogP contribution in [-0.2, 0) is 13.1 Å². The van der Waals surface area contributed by atoms with Crippen molar-refractivity contribution in [2.24, 2.45) is 4.99 Å². The molecule has 1 atom stereocenters. The average Bonchev–Trinajstić information content (AvgIpc) is 2.71. The number of nitrogens with one attached hydrogen (secondary N) is 2. The van der Waals surface area contributed by atoms with Crippen LogP contribution in [0.3, 0.4) is 0 Å². The van der Waals surface area contributed by atoms with Gasteiger partial charge in [-0.25, -0.2) is 0 Å². The summed E-state index contributed by atoms with van der Waals surface area (Å²) in [6.45, 7) is 4.76. The minimum absolute atomic E-state index is 0.477. The molecule has 0 spiro atoms. The lowest BCUT2D eigenvalue weighted by atomic mass is 10.1. The Morgan fingerprint density at radius 1 is 1.07 bits per heavy atom. The quantitative estimate of drug-likeness (QED) is 0.527. The SMILES string of the molecule is CN=C(NCCC(C)N(C)Cc1ccccc1)NCc1ccccc1OC. The molecule has 0 aliphatic heterocycles. The zero-order valence-corrected chi connectivity index (χ0v) is 16.9. The number of nitrogens with zero attached hydrogens (tertiary/aromatic N) is 2. The van der Waals surface area contributed by atoms with Crippen LogP contribution in [0.25, 0.3) is 0 Å². The van der Waals surface area contributed by atoms with Gasteiger partial charge < -0.3 is 15.4 Å². The first kappa shape index (κ1) is 20.8. The van der Waals surface area contributed by atoms with Crippen molar-refractivity contribution in [1.29, 1.82) is 0 Å². The molecular weight excluding hydrogens is 336 g/mol. The molecule has 0 saturated heterocycles. The number of hydrogen-bond donors (Lipinski definition) is 2. The average molecular weight is 369 g/mol. The molecule has 146 valence electrons. The highest BCUT2D eigenvalue weighted by Gasteiger charge is 2.10. The molecule has 0 aromatic heterocycles. The molecule has 5 nitrogen and oxygen atoms in total. The first-order valence-electron chi connectivity index (χ1n) is 9.44. The standard InChI is InChI=1S/C22H32N4O/c1-18(26(3)17-19-10-6-5-7-11-19)14-15-24-22(23-2)25-16-20-12-8-9-13-21(20)27-4/h5-13,18H,14-17H2,1-4H3,(H2,23,24,25). The molecule has 2 aromatic carbocycles. The number of ether oxygens (including phenoxy) is 1. The second kappa shape index (κ2) is 11.2. The van der Waals surface area contributed by atoms with E-state index in [1.807, 2.05) is 18.2 Å². The van der Waals surface area contributed by atoms with Crippen LogP contribution in [0.4, 0.5) is 0 Å². The first-order chi connectivity index (χ1) is 13.1. The van der Waals surface area contributed by atoms with E-state index in [9.17, 15) is 0 Å². The fourth-order valence-electron chi connectivity index (χ4n) is 2.90. The van der Waals surface area contributed by atoms with Crippen LogP contribution in [0.5, 0.6) is 5.75 Å². The van der Waals surface area contributed by atoms with Gasteiger partial charge in [0.2, 0.25) is 0 Å². The van der Waals surface area contributed by atoms with Crippen molar-refractivity contribution in [2.45, 2.75) is 32.5 Å². The molecule has 0 heterocycles. The zero-order chi connectivity index (χ0) is 19.5. The number of aliphatic imine (C=N–C) groups is 1. The summed E-state index contributed by atoms with van der Waals surface area (Å²) in [5.74, 6) is 1.69. The summed E-state index contributed by atoms with van der Waals surface area (Å²) >= 11 is 0. The third-order valence-electron chi connectivity index (χ3n) is 4.74. The van der Waals surface area contributed by atoms with Crippen molar-refractivity contribution in [2.75, 3.05) is 27.7 Å². The van der Waals surface area contributed by atoms with Crippen LogP contribution in [0.15, 0.2) is 59.6 Å². The topological polar surface area (TPSA) is 48.9 Å². The normalized spacial score (nSPS) is 12.7. The van der Waals surface area contributed by atoms with E-state index in [2.05, 4.69) is 70.9 Å². The van der Waals surface area contributed by atoms with Crippen molar-refractivity contribution in [1.82, 2.24) is 15.5 Å². The first-order valence-corrected chi connectivity index (χ1v) is 9.44. The Labute approximate surface area is 163 Å². The molecule has 0 aliphatic rings. The highest BCUT2D eigenvalue weighted by atomic mass is 16.5. The number of guanidine groups is 1. The molecule has 2 N–H and O–H groups in total. The van der Waals surface area contributed by atoms with Crippen LogP contribution in [0, 0.1) is 0 Å². The molecule has 0 bridgehead atoms. The zero-order valence-electron chi connectivity index (χ0n) is 16.9. The summed E-state index contributed by atoms with van der Waals surface area (Å²) in [4.78, 5) is 6.69. The van der Waals surface area contributed by atoms with Gasteiger partial charge in [-0.15, -0.1) is 0 Å². The lowest BCUT2D eigenvalue weighted by Crippen LogP contribution is -2.39. The van der Waals surface area contributed by atoms with Crippen LogP contribution < -0.4 is 15.4 Å². The van der Waals surface area contributed by atoms with Crippen LogP contribution in [-0.4, -0.2) is 44.7 Å². The second-order valence-corrected chi connectivity index (χ2v) is 6.70. The van der Waals surface area contributed by atoms with Crippen molar-refractivity contribution in [3.63, 3.8) is 0 Å². The van der Waals surface area contributed by atoms with E-state index >= 15 is 0 Å². The van der Waals surface area contributed by atoms with Gasteiger partial charge in [0.15, 0.2) is 5.96 Å². The van der Waals surface area contributed by atoms with E-state index in [4.69, 9.17) is 4.74 Å². The van der Waals surface area contributed by atoms with Gasteiger partial charge in [0, 0.05) is 38.3 Å². The van der Waals surface area contributed by atoms with Crippen molar-refractivity contribution >= 4 is 5.96 Å². The van der Waals surface area contributed by atoms with E-state index in [1.54, 1.807) is 14.2 Å².